The molecule has 3 N–H and O–H groups in total. The van der Waals surface area contributed by atoms with E-state index in [9.17, 15) is 9.90 Å². The molecule has 0 radical (unpaired) electrons. The molecule has 0 aliphatic carbocycles. The molecule has 31 heavy (non-hydrogen) atoms. The Morgan fingerprint density at radius 1 is 1.23 bits per heavy atom. The first-order chi connectivity index (χ1) is 15.0. The molecule has 0 saturated carbocycles. The van der Waals surface area contributed by atoms with Gasteiger partial charge in [0.1, 0.15) is 0 Å². The summed E-state index contributed by atoms with van der Waals surface area (Å²) in [6.45, 7) is 6.89. The number of benzene rings is 1. The molecular formula is C24H33N3O4. The highest BCUT2D eigenvalue weighted by atomic mass is 16.3. The number of nitrogens with zero attached hydrogens (tertiary/aromatic N) is 2. The maximum absolute atomic E-state index is 13.4. The van der Waals surface area contributed by atoms with Crippen LogP contribution in [0.2, 0.25) is 0 Å². The van der Waals surface area contributed by atoms with Gasteiger partial charge in [-0.15, -0.1) is 0 Å². The number of hydrogen-bond donors (Lipinski definition) is 3. The third-order valence-electron chi connectivity index (χ3n) is 7.65. The molecule has 1 aromatic carbocycles. The zero-order chi connectivity index (χ0) is 22.1. The van der Waals surface area contributed by atoms with E-state index >= 15 is 0 Å². The van der Waals surface area contributed by atoms with Gasteiger partial charge in [-0.05, 0) is 75.3 Å². The van der Waals surface area contributed by atoms with Crippen LogP contribution in [0.3, 0.4) is 0 Å². The highest BCUT2D eigenvalue weighted by molar-refractivity contribution is 5.99. The van der Waals surface area contributed by atoms with Gasteiger partial charge in [0.25, 0.3) is 12.4 Å². The predicted octanol–water partition coefficient (Wildman–Crippen LogP) is 2.79. The number of carbonyl (C=O) groups excluding carboxylic acids is 1. The van der Waals surface area contributed by atoms with Gasteiger partial charge in [-0.1, -0.05) is 6.42 Å². The molecule has 0 unspecified atom stereocenters. The van der Waals surface area contributed by atoms with Crippen LogP contribution in [0.1, 0.15) is 47.3 Å². The summed E-state index contributed by atoms with van der Waals surface area (Å²) in [5, 5.41) is 18.1. The number of aromatic amines is 1. The molecule has 1 aromatic heterocycles. The van der Waals surface area contributed by atoms with Crippen molar-refractivity contribution in [3.63, 3.8) is 0 Å². The normalized spacial score (nSPS) is 27.9. The number of fused-ring (bicyclic) bond motifs is 5. The molecule has 4 atom stereocenters. The van der Waals surface area contributed by atoms with Crippen molar-refractivity contribution in [2.75, 3.05) is 26.2 Å². The fourth-order valence-corrected chi connectivity index (χ4v) is 6.10. The quantitative estimate of drug-likeness (QED) is 0.641. The number of rotatable bonds is 2. The minimum absolute atomic E-state index is 0.149. The summed E-state index contributed by atoms with van der Waals surface area (Å²) in [4.78, 5) is 29.8. The Hall–Kier alpha value is -2.38. The molecule has 7 nitrogen and oxygen atoms in total. The van der Waals surface area contributed by atoms with Gasteiger partial charge in [0.15, 0.2) is 0 Å². The first-order valence-electron chi connectivity index (χ1n) is 11.3. The maximum Gasteiger partial charge on any atom is 0.290 e. The zero-order valence-electron chi connectivity index (χ0n) is 18.4. The lowest BCUT2D eigenvalue weighted by molar-refractivity contribution is -0.122. The number of aromatic nitrogens is 1. The Kier molecular flexibility index (Phi) is 6.34. The zero-order valence-corrected chi connectivity index (χ0v) is 18.4. The standard InChI is InChI=1S/C23H31N3O2.CH2O2/c1-14-15(2)24-20-7-6-16(10-19(14)20)23(28)25-11-17-9-18(12-25)22(13-27)26-8-4-3-5-21(17)26;2-1-3/h6-7,10,17-18,21-22,24,27H,3-5,8-9,11-13H2,1-2H3;1H,(H,2,3)/t17-,18+,21+,22+;/m1./s1. The van der Waals surface area contributed by atoms with Crippen LogP contribution in [0.5, 0.6) is 0 Å². The smallest absolute Gasteiger partial charge is 0.290 e. The van der Waals surface area contributed by atoms with Crippen molar-refractivity contribution in [1.29, 1.82) is 0 Å². The van der Waals surface area contributed by atoms with Crippen molar-refractivity contribution in [3.8, 4) is 0 Å². The number of aliphatic hydroxyl groups is 1. The van der Waals surface area contributed by atoms with E-state index in [1.54, 1.807) is 0 Å². The first kappa shape index (κ1) is 21.8. The summed E-state index contributed by atoms with van der Waals surface area (Å²) in [6, 6.07) is 6.80. The fraction of sp³-hybridized carbons (Fsp3) is 0.583. The molecule has 1 amide bonds. The molecule has 2 bridgehead atoms. The van der Waals surface area contributed by atoms with E-state index in [0.717, 1.165) is 48.2 Å². The molecule has 3 saturated heterocycles. The average Bonchev–Trinajstić information content (AvgIpc) is 3.07. The second kappa shape index (κ2) is 9.01. The van der Waals surface area contributed by atoms with Gasteiger partial charge in [0.2, 0.25) is 0 Å². The Balaban J connectivity index is 0.000000730. The van der Waals surface area contributed by atoms with Crippen molar-refractivity contribution < 1.29 is 19.8 Å². The minimum Gasteiger partial charge on any atom is -0.483 e. The predicted molar refractivity (Wildman–Crippen MR) is 119 cm³/mol. The highest BCUT2D eigenvalue weighted by Crippen LogP contribution is 2.41. The summed E-state index contributed by atoms with van der Waals surface area (Å²) >= 11 is 0. The first-order valence-corrected chi connectivity index (χ1v) is 11.3. The largest absolute Gasteiger partial charge is 0.483 e. The number of amides is 1. The number of nitrogens with one attached hydrogen (secondary N) is 1. The Labute approximate surface area is 183 Å². The number of hydrogen-bond acceptors (Lipinski definition) is 4. The molecule has 7 heteroatoms. The van der Waals surface area contributed by atoms with Crippen molar-refractivity contribution >= 4 is 23.3 Å². The SMILES string of the molecule is Cc1[nH]c2ccc(C(=O)N3C[C@H]4C[C@@H](C3)[C@H](CO)N3CCCC[C@@H]43)cc2c1C.O=CO. The van der Waals surface area contributed by atoms with Crippen LogP contribution < -0.4 is 0 Å². The van der Waals surface area contributed by atoms with Crippen LogP contribution in [-0.4, -0.2) is 75.7 Å². The van der Waals surface area contributed by atoms with E-state index < -0.39 is 0 Å². The number of aryl methyl sites for hydroxylation is 2. The fourth-order valence-electron chi connectivity index (χ4n) is 6.10. The summed E-state index contributed by atoms with van der Waals surface area (Å²) in [7, 11) is 0. The number of piperidine rings is 3. The highest BCUT2D eigenvalue weighted by Gasteiger charge is 2.47. The lowest BCUT2D eigenvalue weighted by atomic mass is 9.72. The summed E-state index contributed by atoms with van der Waals surface area (Å²) in [5.41, 5.74) is 4.27. The summed E-state index contributed by atoms with van der Waals surface area (Å²) < 4.78 is 0. The minimum atomic E-state index is -0.250. The topological polar surface area (TPSA) is 96.9 Å². The van der Waals surface area contributed by atoms with Crippen molar-refractivity contribution in [3.05, 3.63) is 35.0 Å². The van der Waals surface area contributed by atoms with Crippen LogP contribution >= 0.6 is 0 Å². The third-order valence-corrected chi connectivity index (χ3v) is 7.65. The number of likely N-dealkylation sites (tertiary alicyclic amines) is 1. The van der Waals surface area contributed by atoms with E-state index in [2.05, 4.69) is 34.7 Å². The molecule has 5 rings (SSSR count). The average molecular weight is 428 g/mol. The van der Waals surface area contributed by atoms with Crippen LogP contribution in [0.15, 0.2) is 18.2 Å². The molecule has 0 spiro atoms. The maximum atomic E-state index is 13.4. The Morgan fingerprint density at radius 2 is 1.97 bits per heavy atom. The molecule has 2 aromatic rings. The van der Waals surface area contributed by atoms with Gasteiger partial charge in [-0.25, -0.2) is 0 Å². The van der Waals surface area contributed by atoms with Crippen LogP contribution in [0, 0.1) is 25.7 Å². The number of carbonyl (C=O) groups is 2. The van der Waals surface area contributed by atoms with Gasteiger partial charge in [0.05, 0.1) is 6.61 Å². The van der Waals surface area contributed by atoms with E-state index in [1.165, 1.54) is 24.8 Å². The van der Waals surface area contributed by atoms with Crippen LogP contribution in [-0.2, 0) is 4.79 Å². The lowest BCUT2D eigenvalue weighted by Gasteiger charge is -2.56. The van der Waals surface area contributed by atoms with Gasteiger partial charge >= 0.3 is 0 Å². The van der Waals surface area contributed by atoms with Crippen LogP contribution in [0.4, 0.5) is 0 Å². The number of H-pyrrole nitrogens is 1. The summed E-state index contributed by atoms with van der Waals surface area (Å²) in [6.07, 6.45) is 4.89. The van der Waals surface area contributed by atoms with Gasteiger partial charge in [0, 0.05) is 47.3 Å². The molecular weight excluding hydrogens is 394 g/mol. The van der Waals surface area contributed by atoms with Crippen molar-refractivity contribution in [1.82, 2.24) is 14.8 Å². The lowest BCUT2D eigenvalue weighted by Crippen LogP contribution is -2.65. The second-order valence-electron chi connectivity index (χ2n) is 9.26. The third kappa shape index (κ3) is 3.96. The van der Waals surface area contributed by atoms with Crippen molar-refractivity contribution in [2.24, 2.45) is 11.8 Å². The Morgan fingerprint density at radius 3 is 2.71 bits per heavy atom. The van der Waals surface area contributed by atoms with Gasteiger partial charge < -0.3 is 20.1 Å². The van der Waals surface area contributed by atoms with Gasteiger partial charge in [-0.2, -0.15) is 0 Å². The van der Waals surface area contributed by atoms with E-state index in [4.69, 9.17) is 9.90 Å². The van der Waals surface area contributed by atoms with Crippen LogP contribution in [0.25, 0.3) is 10.9 Å². The van der Waals surface area contributed by atoms with E-state index in [0.29, 0.717) is 17.9 Å². The number of carboxylic acid groups (broad SMARTS) is 1. The van der Waals surface area contributed by atoms with Gasteiger partial charge in [-0.3, -0.25) is 14.5 Å². The number of aliphatic hydroxyl groups excluding tert-OH is 1. The monoisotopic (exact) mass is 427 g/mol. The molecule has 3 fully saturated rings. The summed E-state index contributed by atoms with van der Waals surface area (Å²) in [5.74, 6) is 1.09. The van der Waals surface area contributed by atoms with Crippen molar-refractivity contribution in [2.45, 2.75) is 51.6 Å². The van der Waals surface area contributed by atoms with E-state index in [-0.39, 0.29) is 25.0 Å². The van der Waals surface area contributed by atoms with E-state index in [1.807, 2.05) is 12.1 Å². The molecule has 3 aliphatic heterocycles. The molecule has 4 heterocycles. The second-order valence-corrected chi connectivity index (χ2v) is 9.26. The molecule has 168 valence electrons. The molecule has 3 aliphatic rings. The Bertz CT molecular complexity index is 942.